The Labute approximate surface area is 255 Å². The summed E-state index contributed by atoms with van der Waals surface area (Å²) in [5, 5.41) is 15.8. The first-order valence-corrected chi connectivity index (χ1v) is 15.1. The number of piperidine rings is 2. The highest BCUT2D eigenvalue weighted by Crippen LogP contribution is 2.40. The highest BCUT2D eigenvalue weighted by Gasteiger charge is 2.45. The molecule has 3 aromatic rings. The van der Waals surface area contributed by atoms with Crippen LogP contribution < -0.4 is 10.6 Å². The minimum Gasteiger partial charge on any atom is -0.480 e. The van der Waals surface area contributed by atoms with E-state index in [1.807, 2.05) is 18.2 Å². The van der Waals surface area contributed by atoms with Crippen molar-refractivity contribution in [1.82, 2.24) is 15.2 Å². The minimum atomic E-state index is -1.08. The van der Waals surface area contributed by atoms with Crippen LogP contribution in [-0.4, -0.2) is 57.4 Å². The molecule has 2 amide bonds. The molecule has 0 unspecified atom stereocenters. The molecule has 2 aromatic carbocycles. The van der Waals surface area contributed by atoms with Crippen molar-refractivity contribution < 1.29 is 19.5 Å². The van der Waals surface area contributed by atoms with Crippen LogP contribution >= 0.6 is 23.2 Å². The number of hydrogen-bond acceptors (Lipinski definition) is 5. The Hall–Kier alpha value is -3.46. The largest absolute Gasteiger partial charge is 0.480 e. The van der Waals surface area contributed by atoms with Crippen molar-refractivity contribution in [2.75, 3.05) is 11.9 Å². The molecule has 10 heteroatoms. The van der Waals surface area contributed by atoms with Crippen LogP contribution in [0.15, 0.2) is 67.0 Å². The van der Waals surface area contributed by atoms with Crippen molar-refractivity contribution >= 4 is 46.7 Å². The normalized spacial score (nSPS) is 20.6. The number of benzene rings is 2. The standard InChI is InChI=1S/C32H34Cl2N4O4/c33-25-18-35-19-26(34)28(25)30(39)36-23-12-8-21(9-13-23)17-27(32(41)42)37-31(40)29-22-10-14-24(15-11-22)38(29)16-4-7-20-5-2-1-3-6-20/h1-3,5-6,8-9,12-13,18-19,22,24,27,29H,4,7,10-11,14-17H2,(H,36,39)(H,37,40)(H,41,42)/t22?,24?,27-,29-/m0/s1. The Bertz CT molecular complexity index is 1390. The Morgan fingerprint density at radius 3 is 2.24 bits per heavy atom. The first-order valence-electron chi connectivity index (χ1n) is 14.3. The number of nitrogens with zero attached hydrogens (tertiary/aromatic N) is 2. The van der Waals surface area contributed by atoms with E-state index in [1.54, 1.807) is 24.3 Å². The number of aryl methyl sites for hydroxylation is 1. The highest BCUT2D eigenvalue weighted by atomic mass is 35.5. The number of amides is 2. The zero-order valence-corrected chi connectivity index (χ0v) is 24.7. The van der Waals surface area contributed by atoms with E-state index in [-0.39, 0.29) is 39.9 Å². The first kappa shape index (κ1) is 30.0. The Morgan fingerprint density at radius 2 is 1.60 bits per heavy atom. The second kappa shape index (κ2) is 13.7. The van der Waals surface area contributed by atoms with E-state index in [9.17, 15) is 19.5 Å². The van der Waals surface area contributed by atoms with Gasteiger partial charge in [0.2, 0.25) is 5.91 Å². The van der Waals surface area contributed by atoms with Gasteiger partial charge in [-0.15, -0.1) is 0 Å². The van der Waals surface area contributed by atoms with Gasteiger partial charge in [0.15, 0.2) is 0 Å². The molecule has 3 fully saturated rings. The van der Waals surface area contributed by atoms with Gasteiger partial charge in [0.1, 0.15) is 6.04 Å². The average molecular weight is 610 g/mol. The number of fused-ring (bicyclic) bond motifs is 3. The van der Waals surface area contributed by atoms with Crippen molar-refractivity contribution in [3.63, 3.8) is 0 Å². The number of aromatic nitrogens is 1. The first-order chi connectivity index (χ1) is 20.3. The molecule has 2 saturated heterocycles. The number of anilines is 1. The average Bonchev–Trinajstić information content (AvgIpc) is 2.98. The summed E-state index contributed by atoms with van der Waals surface area (Å²) in [6.07, 6.45) is 8.86. The maximum Gasteiger partial charge on any atom is 0.326 e. The number of hydrogen-bond donors (Lipinski definition) is 3. The van der Waals surface area contributed by atoms with Gasteiger partial charge in [0.05, 0.1) is 21.7 Å². The van der Waals surface area contributed by atoms with E-state index < -0.39 is 17.9 Å². The van der Waals surface area contributed by atoms with Crippen LogP contribution in [0, 0.1) is 5.92 Å². The molecule has 3 heterocycles. The van der Waals surface area contributed by atoms with Crippen LogP contribution in [0.4, 0.5) is 5.69 Å². The van der Waals surface area contributed by atoms with Gasteiger partial charge < -0.3 is 15.7 Å². The Kier molecular flexibility index (Phi) is 9.77. The summed E-state index contributed by atoms with van der Waals surface area (Å²) < 4.78 is 0. The molecule has 0 spiro atoms. The lowest BCUT2D eigenvalue weighted by Gasteiger charge is -2.50. The molecule has 2 atom stereocenters. The maximum absolute atomic E-state index is 13.6. The van der Waals surface area contributed by atoms with E-state index in [2.05, 4.69) is 32.7 Å². The summed E-state index contributed by atoms with van der Waals surface area (Å²) in [6.45, 7) is 0.814. The molecule has 6 rings (SSSR count). The topological polar surface area (TPSA) is 112 Å². The van der Waals surface area contributed by atoms with E-state index >= 15 is 0 Å². The lowest BCUT2D eigenvalue weighted by atomic mass is 9.74. The molecular formula is C32H34Cl2N4O4. The predicted molar refractivity (Wildman–Crippen MR) is 163 cm³/mol. The summed E-state index contributed by atoms with van der Waals surface area (Å²) in [6, 6.07) is 16.1. The van der Waals surface area contributed by atoms with Crippen molar-refractivity contribution in [2.45, 2.75) is 63.1 Å². The second-order valence-corrected chi connectivity index (χ2v) is 11.9. The van der Waals surface area contributed by atoms with Gasteiger partial charge >= 0.3 is 5.97 Å². The number of carbonyl (C=O) groups is 3. The molecule has 0 radical (unpaired) electrons. The van der Waals surface area contributed by atoms with Crippen LogP contribution in [0.2, 0.25) is 10.0 Å². The number of aliphatic carboxylic acids is 1. The molecule has 8 nitrogen and oxygen atoms in total. The zero-order chi connectivity index (χ0) is 29.6. The number of pyridine rings is 1. The van der Waals surface area contributed by atoms with Gasteiger partial charge in [-0.3, -0.25) is 19.5 Å². The summed E-state index contributed by atoms with van der Waals surface area (Å²) in [7, 11) is 0. The van der Waals surface area contributed by atoms with Gasteiger partial charge in [0, 0.05) is 30.5 Å². The van der Waals surface area contributed by atoms with Crippen molar-refractivity contribution in [3.8, 4) is 0 Å². The van der Waals surface area contributed by atoms with Gasteiger partial charge in [-0.2, -0.15) is 0 Å². The number of rotatable bonds is 11. The smallest absolute Gasteiger partial charge is 0.326 e. The maximum atomic E-state index is 13.6. The molecule has 42 heavy (non-hydrogen) atoms. The Morgan fingerprint density at radius 1 is 0.929 bits per heavy atom. The molecule has 220 valence electrons. The van der Waals surface area contributed by atoms with Gasteiger partial charge in [-0.05, 0) is 74.2 Å². The van der Waals surface area contributed by atoms with Crippen molar-refractivity contribution in [3.05, 3.63) is 93.7 Å². The number of carboxylic acid groups (broad SMARTS) is 1. The van der Waals surface area contributed by atoms with Gasteiger partial charge in [-0.1, -0.05) is 65.7 Å². The van der Waals surface area contributed by atoms with Crippen LogP contribution in [-0.2, 0) is 22.4 Å². The summed E-state index contributed by atoms with van der Waals surface area (Å²) in [4.78, 5) is 44.7. The lowest BCUT2D eigenvalue weighted by molar-refractivity contribution is -0.145. The fourth-order valence-corrected chi connectivity index (χ4v) is 6.82. The fraction of sp³-hybridized carbons (Fsp3) is 0.375. The molecule has 2 bridgehead atoms. The molecular weight excluding hydrogens is 575 g/mol. The van der Waals surface area contributed by atoms with Gasteiger partial charge in [-0.25, -0.2) is 4.79 Å². The van der Waals surface area contributed by atoms with Crippen LogP contribution in [0.3, 0.4) is 0 Å². The molecule has 1 aromatic heterocycles. The molecule has 1 aliphatic carbocycles. The minimum absolute atomic E-state index is 0.117. The van der Waals surface area contributed by atoms with E-state index in [0.717, 1.165) is 45.1 Å². The zero-order valence-electron chi connectivity index (χ0n) is 23.1. The molecule has 3 N–H and O–H groups in total. The monoisotopic (exact) mass is 608 g/mol. The third-order valence-corrected chi connectivity index (χ3v) is 8.93. The van der Waals surface area contributed by atoms with Crippen LogP contribution in [0.1, 0.15) is 53.6 Å². The number of carbonyl (C=O) groups excluding carboxylic acids is 2. The molecule has 2 aliphatic heterocycles. The Balaban J connectivity index is 1.21. The van der Waals surface area contributed by atoms with Crippen molar-refractivity contribution in [2.24, 2.45) is 5.92 Å². The number of nitrogens with one attached hydrogen (secondary N) is 2. The third-order valence-electron chi connectivity index (χ3n) is 8.35. The summed E-state index contributed by atoms with van der Waals surface area (Å²) in [5.41, 5.74) is 2.61. The lowest BCUT2D eigenvalue weighted by Crippen LogP contribution is -2.62. The van der Waals surface area contributed by atoms with E-state index in [1.165, 1.54) is 18.0 Å². The quantitative estimate of drug-likeness (QED) is 0.260. The van der Waals surface area contributed by atoms with E-state index in [0.29, 0.717) is 17.3 Å². The molecule has 3 aliphatic rings. The summed E-state index contributed by atoms with van der Waals surface area (Å²) in [5.74, 6) is -1.52. The van der Waals surface area contributed by atoms with E-state index in [4.69, 9.17) is 23.2 Å². The second-order valence-electron chi connectivity index (χ2n) is 11.1. The number of carboxylic acids is 1. The van der Waals surface area contributed by atoms with Crippen molar-refractivity contribution in [1.29, 1.82) is 0 Å². The fourth-order valence-electron chi connectivity index (χ4n) is 6.28. The highest BCUT2D eigenvalue weighted by molar-refractivity contribution is 6.40. The number of halogens is 2. The third kappa shape index (κ3) is 7.12. The van der Waals surface area contributed by atoms with Crippen LogP contribution in [0.5, 0.6) is 0 Å². The van der Waals surface area contributed by atoms with Crippen LogP contribution in [0.25, 0.3) is 0 Å². The SMILES string of the molecule is O=C(Nc1ccc(C[C@H](NC(=O)[C@@H]2C3CCC(CC3)N2CCCc2ccccc2)C(=O)O)cc1)c1c(Cl)cncc1Cl. The van der Waals surface area contributed by atoms with Gasteiger partial charge in [0.25, 0.3) is 5.91 Å². The molecule has 1 saturated carbocycles. The summed E-state index contributed by atoms with van der Waals surface area (Å²) >= 11 is 12.2. The predicted octanol–water partition coefficient (Wildman–Crippen LogP) is 5.63.